The smallest absolute Gasteiger partial charge is 0.287 e. The number of nitro groups is 1. The van der Waals surface area contributed by atoms with Crippen molar-refractivity contribution in [2.24, 2.45) is 0 Å². The van der Waals surface area contributed by atoms with Crippen molar-refractivity contribution in [3.05, 3.63) is 38.3 Å². The molecule has 0 bridgehead atoms. The predicted octanol–water partition coefficient (Wildman–Crippen LogP) is 2.49. The fourth-order valence-electron chi connectivity index (χ4n) is 1.18. The Hall–Kier alpha value is -1.23. The first kappa shape index (κ1) is 10.8. The van der Waals surface area contributed by atoms with Crippen LogP contribution in [0, 0.1) is 10.1 Å². The van der Waals surface area contributed by atoms with Crippen LogP contribution in [-0.2, 0) is 11.2 Å². The third kappa shape index (κ3) is 2.38. The Morgan fingerprint density at radius 2 is 2.21 bits per heavy atom. The van der Waals surface area contributed by atoms with Crippen LogP contribution in [0.15, 0.2) is 22.7 Å². The highest BCUT2D eigenvalue weighted by Gasteiger charge is 2.18. The summed E-state index contributed by atoms with van der Waals surface area (Å²) in [6.07, 6.45) is 0.0930. The van der Waals surface area contributed by atoms with Crippen molar-refractivity contribution in [1.29, 1.82) is 0 Å². The van der Waals surface area contributed by atoms with E-state index in [1.54, 1.807) is 18.2 Å². The van der Waals surface area contributed by atoms with Gasteiger partial charge in [0.2, 0.25) is 0 Å². The van der Waals surface area contributed by atoms with Crippen molar-refractivity contribution in [3.63, 3.8) is 0 Å². The number of nitrogens with zero attached hydrogens (tertiary/aromatic N) is 1. The van der Waals surface area contributed by atoms with Gasteiger partial charge < -0.3 is 0 Å². The zero-order valence-corrected chi connectivity index (χ0v) is 9.08. The second-order valence-corrected chi connectivity index (χ2v) is 3.74. The molecular formula is C9H8BrNO3. The number of hydrogen-bond acceptors (Lipinski definition) is 3. The highest BCUT2D eigenvalue weighted by atomic mass is 79.9. The summed E-state index contributed by atoms with van der Waals surface area (Å²) in [5.74, 6) is -0.0915. The fourth-order valence-corrected chi connectivity index (χ4v) is 1.73. The number of nitro benzene ring substituents is 1. The van der Waals surface area contributed by atoms with Gasteiger partial charge in [0.25, 0.3) is 5.69 Å². The lowest BCUT2D eigenvalue weighted by molar-refractivity contribution is -0.386. The van der Waals surface area contributed by atoms with Gasteiger partial charge in [0.05, 0.1) is 9.40 Å². The third-order valence-electron chi connectivity index (χ3n) is 1.69. The van der Waals surface area contributed by atoms with Gasteiger partial charge in [0, 0.05) is 12.0 Å². The summed E-state index contributed by atoms with van der Waals surface area (Å²) >= 11 is 3.08. The summed E-state index contributed by atoms with van der Waals surface area (Å²) in [5, 5.41) is 10.7. The second kappa shape index (κ2) is 4.32. The molecule has 5 heteroatoms. The minimum absolute atomic E-state index is 0.0253. The number of halogens is 1. The van der Waals surface area contributed by atoms with Crippen molar-refractivity contribution in [2.45, 2.75) is 13.3 Å². The molecule has 0 aliphatic rings. The molecule has 0 heterocycles. The zero-order chi connectivity index (χ0) is 10.7. The maximum absolute atomic E-state index is 10.9. The minimum Gasteiger partial charge on any atom is -0.300 e. The summed E-state index contributed by atoms with van der Waals surface area (Å²) in [7, 11) is 0. The molecule has 0 atom stereocenters. The molecule has 4 nitrogen and oxygen atoms in total. The second-order valence-electron chi connectivity index (χ2n) is 2.88. The standard InChI is InChI=1S/C9H8BrNO3/c1-6(12)5-7-3-2-4-8(10)9(7)11(13)14/h2-4H,5H2,1H3. The summed E-state index contributed by atoms with van der Waals surface area (Å²) in [4.78, 5) is 21.1. The molecule has 1 aromatic rings. The molecular weight excluding hydrogens is 250 g/mol. The monoisotopic (exact) mass is 257 g/mol. The summed E-state index contributed by atoms with van der Waals surface area (Å²) in [6, 6.07) is 4.85. The van der Waals surface area contributed by atoms with E-state index in [9.17, 15) is 14.9 Å². The van der Waals surface area contributed by atoms with Gasteiger partial charge in [-0.15, -0.1) is 0 Å². The molecule has 0 N–H and O–H groups in total. The quantitative estimate of drug-likeness (QED) is 0.618. The molecule has 0 amide bonds. The minimum atomic E-state index is -0.484. The van der Waals surface area contributed by atoms with Crippen LogP contribution >= 0.6 is 15.9 Å². The normalized spacial score (nSPS) is 9.86. The lowest BCUT2D eigenvalue weighted by atomic mass is 10.1. The van der Waals surface area contributed by atoms with Gasteiger partial charge in [0.15, 0.2) is 0 Å². The number of benzene rings is 1. The van der Waals surface area contributed by atoms with Crippen LogP contribution in [0.25, 0.3) is 0 Å². The fraction of sp³-hybridized carbons (Fsp3) is 0.222. The lowest BCUT2D eigenvalue weighted by Crippen LogP contribution is -2.01. The SMILES string of the molecule is CC(=O)Cc1cccc(Br)c1[N+](=O)[O-]. The van der Waals surface area contributed by atoms with Gasteiger partial charge in [-0.25, -0.2) is 0 Å². The van der Waals surface area contributed by atoms with E-state index in [1.165, 1.54) is 6.92 Å². The van der Waals surface area contributed by atoms with Gasteiger partial charge in [-0.2, -0.15) is 0 Å². The van der Waals surface area contributed by atoms with Gasteiger partial charge in [0.1, 0.15) is 5.78 Å². The number of ketones is 1. The van der Waals surface area contributed by atoms with Crippen molar-refractivity contribution in [1.82, 2.24) is 0 Å². The number of rotatable bonds is 3. The molecule has 0 aromatic heterocycles. The molecule has 0 aliphatic heterocycles. The topological polar surface area (TPSA) is 60.2 Å². The van der Waals surface area contributed by atoms with Crippen LogP contribution in [0.4, 0.5) is 5.69 Å². The van der Waals surface area contributed by atoms with E-state index >= 15 is 0 Å². The van der Waals surface area contributed by atoms with E-state index in [2.05, 4.69) is 15.9 Å². The molecule has 0 fully saturated rings. The van der Waals surface area contributed by atoms with Gasteiger partial charge in [-0.3, -0.25) is 14.9 Å². The van der Waals surface area contributed by atoms with E-state index < -0.39 is 4.92 Å². The van der Waals surface area contributed by atoms with E-state index in [4.69, 9.17) is 0 Å². The van der Waals surface area contributed by atoms with Crippen LogP contribution in [-0.4, -0.2) is 10.7 Å². The maximum Gasteiger partial charge on any atom is 0.287 e. The van der Waals surface area contributed by atoms with E-state index in [0.29, 0.717) is 10.0 Å². The summed E-state index contributed by atoms with van der Waals surface area (Å²) in [5.41, 5.74) is 0.416. The molecule has 0 radical (unpaired) electrons. The van der Waals surface area contributed by atoms with Crippen LogP contribution in [0.5, 0.6) is 0 Å². The molecule has 0 aliphatic carbocycles. The third-order valence-corrected chi connectivity index (χ3v) is 2.33. The van der Waals surface area contributed by atoms with Crippen molar-refractivity contribution in [2.75, 3.05) is 0 Å². The average Bonchev–Trinajstić information content (AvgIpc) is 2.01. The number of carbonyl (C=O) groups excluding carboxylic acids is 1. The Labute approximate surface area is 89.2 Å². The van der Waals surface area contributed by atoms with Crippen molar-refractivity contribution < 1.29 is 9.72 Å². The molecule has 0 unspecified atom stereocenters. The lowest BCUT2D eigenvalue weighted by Gasteiger charge is -2.01. The van der Waals surface area contributed by atoms with E-state index in [1.807, 2.05) is 0 Å². The largest absolute Gasteiger partial charge is 0.300 e. The Balaban J connectivity index is 3.21. The highest BCUT2D eigenvalue weighted by Crippen LogP contribution is 2.28. The Morgan fingerprint density at radius 1 is 1.57 bits per heavy atom. The molecule has 14 heavy (non-hydrogen) atoms. The molecule has 0 saturated heterocycles. The summed E-state index contributed by atoms with van der Waals surface area (Å²) in [6.45, 7) is 1.41. The Morgan fingerprint density at radius 3 is 2.71 bits per heavy atom. The molecule has 0 saturated carbocycles. The van der Waals surface area contributed by atoms with Gasteiger partial charge in [-0.05, 0) is 28.9 Å². The Bertz CT molecular complexity index is 390. The number of Topliss-reactive ketones (excluding diaryl/α,β-unsaturated/α-hetero) is 1. The first-order chi connectivity index (χ1) is 6.52. The van der Waals surface area contributed by atoms with E-state index in [0.717, 1.165) is 0 Å². The van der Waals surface area contributed by atoms with Crippen molar-refractivity contribution >= 4 is 27.4 Å². The van der Waals surface area contributed by atoms with E-state index in [-0.39, 0.29) is 17.9 Å². The number of hydrogen-bond donors (Lipinski definition) is 0. The molecule has 1 aromatic carbocycles. The van der Waals surface area contributed by atoms with Crippen LogP contribution in [0.3, 0.4) is 0 Å². The molecule has 1 rings (SSSR count). The van der Waals surface area contributed by atoms with Crippen LogP contribution in [0.2, 0.25) is 0 Å². The first-order valence-corrected chi connectivity index (χ1v) is 4.73. The molecule has 74 valence electrons. The predicted molar refractivity (Wildman–Crippen MR) is 55.2 cm³/mol. The zero-order valence-electron chi connectivity index (χ0n) is 7.49. The van der Waals surface area contributed by atoms with Crippen LogP contribution in [0.1, 0.15) is 12.5 Å². The average molecular weight is 258 g/mol. The van der Waals surface area contributed by atoms with Crippen LogP contribution < -0.4 is 0 Å². The number of para-hydroxylation sites is 1. The van der Waals surface area contributed by atoms with Gasteiger partial charge in [-0.1, -0.05) is 12.1 Å². The summed E-state index contributed by atoms with van der Waals surface area (Å²) < 4.78 is 0.404. The Kier molecular flexibility index (Phi) is 3.35. The maximum atomic E-state index is 10.9. The first-order valence-electron chi connectivity index (χ1n) is 3.93. The number of carbonyl (C=O) groups is 1. The van der Waals surface area contributed by atoms with Gasteiger partial charge >= 0.3 is 0 Å². The highest BCUT2D eigenvalue weighted by molar-refractivity contribution is 9.10. The van der Waals surface area contributed by atoms with Crippen molar-refractivity contribution in [3.8, 4) is 0 Å². The molecule has 0 spiro atoms.